The highest BCUT2D eigenvalue weighted by Gasteiger charge is 2.22. The Balaban J connectivity index is 1.96. The van der Waals surface area contributed by atoms with Gasteiger partial charge in [0.25, 0.3) is 5.91 Å². The number of imide groups is 1. The third kappa shape index (κ3) is 5.36. The zero-order valence-electron chi connectivity index (χ0n) is 14.8. The summed E-state index contributed by atoms with van der Waals surface area (Å²) in [6.07, 6.45) is 0. The number of urea groups is 1. The predicted octanol–water partition coefficient (Wildman–Crippen LogP) is 2.12. The number of nitrogens with one attached hydrogen (secondary N) is 2. The summed E-state index contributed by atoms with van der Waals surface area (Å²) >= 11 is 0. The first kappa shape index (κ1) is 21.0. The molecule has 0 saturated heterocycles. The van der Waals surface area contributed by atoms with Crippen LogP contribution in [0.3, 0.4) is 0 Å². The molecule has 148 valence electrons. The summed E-state index contributed by atoms with van der Waals surface area (Å²) in [4.78, 5) is 35.4. The van der Waals surface area contributed by atoms with Crippen LogP contribution >= 0.6 is 0 Å². The Hall–Kier alpha value is -3.27. The number of amides is 3. The number of hydrogen-bond donors (Lipinski definition) is 2. The third-order valence-electron chi connectivity index (χ3n) is 3.53. The van der Waals surface area contributed by atoms with Crippen LogP contribution in [-0.4, -0.2) is 38.7 Å². The van der Waals surface area contributed by atoms with Gasteiger partial charge in [-0.05, 0) is 24.3 Å². The second kappa shape index (κ2) is 9.09. The van der Waals surface area contributed by atoms with Gasteiger partial charge in [-0.3, -0.25) is 10.1 Å². The van der Waals surface area contributed by atoms with Gasteiger partial charge in [-0.25, -0.2) is 22.4 Å². The predicted molar refractivity (Wildman–Crippen MR) is 98.0 cm³/mol. The normalized spacial score (nSPS) is 10.8. The fourth-order valence-corrected chi connectivity index (χ4v) is 3.23. The number of benzene rings is 2. The minimum Gasteiger partial charge on any atom is -0.452 e. The molecule has 2 N–H and O–H groups in total. The fraction of sp³-hybridized carbons (Fsp3) is 0.167. The van der Waals surface area contributed by atoms with Crippen molar-refractivity contribution in [3.63, 3.8) is 0 Å². The van der Waals surface area contributed by atoms with E-state index in [1.54, 1.807) is 0 Å². The molecule has 0 aliphatic heterocycles. The number of halogens is 1. The maximum Gasteiger partial charge on any atom is 0.339 e. The van der Waals surface area contributed by atoms with E-state index in [2.05, 4.69) is 5.32 Å². The highest BCUT2D eigenvalue weighted by molar-refractivity contribution is 7.91. The number of anilines is 1. The molecule has 0 saturated carbocycles. The van der Waals surface area contributed by atoms with Crippen molar-refractivity contribution in [2.45, 2.75) is 11.8 Å². The molecule has 0 aliphatic carbocycles. The number of carbonyl (C=O) groups is 3. The Morgan fingerprint density at radius 3 is 2.36 bits per heavy atom. The number of rotatable bonds is 6. The van der Waals surface area contributed by atoms with Crippen molar-refractivity contribution in [2.24, 2.45) is 0 Å². The van der Waals surface area contributed by atoms with Crippen LogP contribution in [0.1, 0.15) is 17.3 Å². The summed E-state index contributed by atoms with van der Waals surface area (Å²) in [7, 11) is -3.67. The Bertz CT molecular complexity index is 1010. The van der Waals surface area contributed by atoms with Crippen LogP contribution in [-0.2, 0) is 19.4 Å². The lowest BCUT2D eigenvalue weighted by atomic mass is 10.2. The van der Waals surface area contributed by atoms with E-state index in [1.807, 2.05) is 5.32 Å². The third-order valence-corrected chi connectivity index (χ3v) is 5.32. The molecule has 0 unspecified atom stereocenters. The molecule has 0 heterocycles. The maximum atomic E-state index is 13.4. The molecule has 2 rings (SSSR count). The molecule has 2 aromatic carbocycles. The van der Waals surface area contributed by atoms with Crippen molar-refractivity contribution >= 4 is 33.4 Å². The molecular weight excluding hydrogens is 391 g/mol. The molecule has 28 heavy (non-hydrogen) atoms. The van der Waals surface area contributed by atoms with Crippen LogP contribution in [0.25, 0.3) is 0 Å². The van der Waals surface area contributed by atoms with Crippen LogP contribution in [0.5, 0.6) is 0 Å². The average molecular weight is 408 g/mol. The number of esters is 1. The van der Waals surface area contributed by atoms with Gasteiger partial charge in [0, 0.05) is 0 Å². The van der Waals surface area contributed by atoms with Crippen molar-refractivity contribution in [2.75, 3.05) is 17.7 Å². The first-order valence-electron chi connectivity index (χ1n) is 8.09. The van der Waals surface area contributed by atoms with E-state index in [0.29, 0.717) is 0 Å². The lowest BCUT2D eigenvalue weighted by molar-refractivity contribution is -0.123. The van der Waals surface area contributed by atoms with Crippen molar-refractivity contribution in [1.82, 2.24) is 5.32 Å². The summed E-state index contributed by atoms with van der Waals surface area (Å²) in [6.45, 7) is 0.600. The van der Waals surface area contributed by atoms with Crippen molar-refractivity contribution in [1.29, 1.82) is 0 Å². The molecule has 0 radical (unpaired) electrons. The van der Waals surface area contributed by atoms with E-state index in [4.69, 9.17) is 4.74 Å². The Morgan fingerprint density at radius 2 is 1.68 bits per heavy atom. The van der Waals surface area contributed by atoms with Gasteiger partial charge >= 0.3 is 12.0 Å². The van der Waals surface area contributed by atoms with E-state index in [-0.39, 0.29) is 21.9 Å². The van der Waals surface area contributed by atoms with Gasteiger partial charge in [-0.15, -0.1) is 0 Å². The maximum absolute atomic E-state index is 13.4. The van der Waals surface area contributed by atoms with E-state index in [0.717, 1.165) is 6.07 Å². The standard InChI is InChI=1S/C18H17FN2O6S/c1-2-28(25,26)15-10-6-3-7-12(15)17(23)27-11-16(22)21-18(24)20-14-9-5-4-8-13(14)19/h3-10H,2,11H2,1H3,(H2,20,21,22,24). The highest BCUT2D eigenvalue weighted by Crippen LogP contribution is 2.18. The second-order valence-electron chi connectivity index (χ2n) is 5.46. The summed E-state index contributed by atoms with van der Waals surface area (Å²) in [5.74, 6) is -2.91. The molecule has 8 nitrogen and oxygen atoms in total. The number of ether oxygens (including phenoxy) is 1. The van der Waals surface area contributed by atoms with E-state index in [9.17, 15) is 27.2 Å². The van der Waals surface area contributed by atoms with E-state index >= 15 is 0 Å². The summed E-state index contributed by atoms with van der Waals surface area (Å²) in [6, 6.07) is 9.76. The van der Waals surface area contributed by atoms with E-state index < -0.39 is 40.2 Å². The molecule has 2 aromatic rings. The first-order valence-corrected chi connectivity index (χ1v) is 9.74. The van der Waals surface area contributed by atoms with Crippen molar-refractivity contribution in [3.05, 3.63) is 59.9 Å². The SMILES string of the molecule is CCS(=O)(=O)c1ccccc1C(=O)OCC(=O)NC(=O)Nc1ccccc1F. The Morgan fingerprint density at radius 1 is 1.04 bits per heavy atom. The molecule has 3 amide bonds. The quantitative estimate of drug-likeness (QED) is 0.707. The Labute approximate surface area is 160 Å². The topological polar surface area (TPSA) is 119 Å². The first-order chi connectivity index (χ1) is 13.2. The lowest BCUT2D eigenvalue weighted by Crippen LogP contribution is -2.37. The van der Waals surface area contributed by atoms with Gasteiger partial charge in [0.2, 0.25) is 0 Å². The monoisotopic (exact) mass is 408 g/mol. The van der Waals surface area contributed by atoms with Gasteiger partial charge in [0.15, 0.2) is 16.4 Å². The minimum atomic E-state index is -3.67. The van der Waals surface area contributed by atoms with Gasteiger partial charge in [-0.2, -0.15) is 0 Å². The second-order valence-corrected chi connectivity index (χ2v) is 7.70. The average Bonchev–Trinajstić information content (AvgIpc) is 2.68. The van der Waals surface area contributed by atoms with Gasteiger partial charge in [-0.1, -0.05) is 31.2 Å². The van der Waals surface area contributed by atoms with Crippen LogP contribution in [0.2, 0.25) is 0 Å². The van der Waals surface area contributed by atoms with E-state index in [1.165, 1.54) is 49.4 Å². The van der Waals surface area contributed by atoms with Crippen LogP contribution in [0.4, 0.5) is 14.9 Å². The zero-order valence-corrected chi connectivity index (χ0v) is 15.6. The molecule has 0 fully saturated rings. The molecule has 0 bridgehead atoms. The highest BCUT2D eigenvalue weighted by atomic mass is 32.2. The number of para-hydroxylation sites is 1. The molecule has 0 atom stereocenters. The molecule has 10 heteroatoms. The zero-order chi connectivity index (χ0) is 20.7. The van der Waals surface area contributed by atoms with Gasteiger partial charge in [0.1, 0.15) is 5.82 Å². The smallest absolute Gasteiger partial charge is 0.339 e. The molecule has 0 aliphatic rings. The molecule has 0 aromatic heterocycles. The lowest BCUT2D eigenvalue weighted by Gasteiger charge is -2.10. The largest absolute Gasteiger partial charge is 0.452 e. The number of sulfone groups is 1. The van der Waals surface area contributed by atoms with Gasteiger partial charge in [0.05, 0.1) is 21.9 Å². The van der Waals surface area contributed by atoms with Crippen LogP contribution in [0.15, 0.2) is 53.4 Å². The molecule has 0 spiro atoms. The summed E-state index contributed by atoms with van der Waals surface area (Å²) in [5, 5.41) is 4.00. The van der Waals surface area contributed by atoms with Crippen molar-refractivity contribution < 1.29 is 31.9 Å². The van der Waals surface area contributed by atoms with Gasteiger partial charge < -0.3 is 10.1 Å². The van der Waals surface area contributed by atoms with Crippen molar-refractivity contribution in [3.8, 4) is 0 Å². The van der Waals surface area contributed by atoms with Crippen LogP contribution in [0, 0.1) is 5.82 Å². The number of hydrogen-bond acceptors (Lipinski definition) is 6. The number of carbonyl (C=O) groups excluding carboxylic acids is 3. The summed E-state index contributed by atoms with van der Waals surface area (Å²) in [5.41, 5.74) is -0.351. The minimum absolute atomic E-state index is 0.136. The Kier molecular flexibility index (Phi) is 6.83. The molecular formula is C18H17FN2O6S. The van der Waals surface area contributed by atoms with Crippen LogP contribution < -0.4 is 10.6 Å². The fourth-order valence-electron chi connectivity index (χ4n) is 2.15. The summed E-state index contributed by atoms with van der Waals surface area (Å²) < 4.78 is 42.3.